The highest BCUT2D eigenvalue weighted by Crippen LogP contribution is 2.15. The molecule has 1 unspecified atom stereocenters. The summed E-state index contributed by atoms with van der Waals surface area (Å²) in [5.41, 5.74) is 7.64. The number of ketones is 1. The molecule has 1 aromatic heterocycles. The molecule has 0 aliphatic heterocycles. The second-order valence-electron chi connectivity index (χ2n) is 4.04. The van der Waals surface area contributed by atoms with Crippen molar-refractivity contribution in [3.05, 3.63) is 64.4 Å². The highest BCUT2D eigenvalue weighted by atomic mass is 79.9. The zero-order valence-electron chi connectivity index (χ0n) is 9.71. The van der Waals surface area contributed by atoms with E-state index in [9.17, 15) is 4.79 Å². The molecule has 0 aliphatic rings. The molecule has 2 N–H and O–H groups in total. The van der Waals surface area contributed by atoms with Crippen molar-refractivity contribution >= 4 is 21.7 Å². The quantitative estimate of drug-likeness (QED) is 0.945. The van der Waals surface area contributed by atoms with Crippen LogP contribution < -0.4 is 5.73 Å². The predicted molar refractivity (Wildman–Crippen MR) is 74.0 cm³/mol. The van der Waals surface area contributed by atoms with Crippen molar-refractivity contribution in [2.45, 2.75) is 12.5 Å². The molecule has 2 aromatic rings. The number of aromatic nitrogens is 1. The number of carbonyl (C=O) groups is 1. The van der Waals surface area contributed by atoms with Gasteiger partial charge in [-0.15, -0.1) is 0 Å². The lowest BCUT2D eigenvalue weighted by atomic mass is 9.99. The first-order valence-electron chi connectivity index (χ1n) is 5.59. The first-order chi connectivity index (χ1) is 8.66. The van der Waals surface area contributed by atoms with Gasteiger partial charge in [-0.3, -0.25) is 9.78 Å². The van der Waals surface area contributed by atoms with Crippen molar-refractivity contribution in [1.82, 2.24) is 4.98 Å². The standard InChI is InChI=1S/C14H13BrN2O/c15-12-6-10(8-17-9-12)7-13(18)14(16)11-4-2-1-3-5-11/h1-6,8-9,14H,7,16H2. The van der Waals surface area contributed by atoms with Gasteiger partial charge < -0.3 is 5.73 Å². The summed E-state index contributed by atoms with van der Waals surface area (Å²) in [6.45, 7) is 0. The van der Waals surface area contributed by atoms with E-state index in [0.29, 0.717) is 6.42 Å². The van der Waals surface area contributed by atoms with Gasteiger partial charge in [-0.1, -0.05) is 30.3 Å². The maximum Gasteiger partial charge on any atom is 0.158 e. The average molecular weight is 305 g/mol. The Hall–Kier alpha value is -1.52. The van der Waals surface area contributed by atoms with Crippen molar-refractivity contribution in [2.24, 2.45) is 5.73 Å². The molecule has 1 aromatic carbocycles. The van der Waals surface area contributed by atoms with Gasteiger partial charge in [0, 0.05) is 23.3 Å². The van der Waals surface area contributed by atoms with Gasteiger partial charge in [-0.25, -0.2) is 0 Å². The van der Waals surface area contributed by atoms with Crippen LogP contribution in [-0.4, -0.2) is 10.8 Å². The Morgan fingerprint density at radius 1 is 1.28 bits per heavy atom. The molecule has 3 nitrogen and oxygen atoms in total. The second kappa shape index (κ2) is 5.89. The third kappa shape index (κ3) is 3.24. The van der Waals surface area contributed by atoms with Crippen LogP contribution in [0.4, 0.5) is 0 Å². The molecule has 0 fully saturated rings. The number of halogens is 1. The Kier molecular flexibility index (Phi) is 4.23. The van der Waals surface area contributed by atoms with E-state index in [1.54, 1.807) is 12.4 Å². The Morgan fingerprint density at radius 3 is 2.67 bits per heavy atom. The van der Waals surface area contributed by atoms with Gasteiger partial charge in [0.05, 0.1) is 6.04 Å². The third-order valence-electron chi connectivity index (χ3n) is 2.65. The lowest BCUT2D eigenvalue weighted by molar-refractivity contribution is -0.119. The highest BCUT2D eigenvalue weighted by Gasteiger charge is 2.15. The number of nitrogens with two attached hydrogens (primary N) is 1. The van der Waals surface area contributed by atoms with Gasteiger partial charge in [0.25, 0.3) is 0 Å². The molecular weight excluding hydrogens is 292 g/mol. The highest BCUT2D eigenvalue weighted by molar-refractivity contribution is 9.10. The molecule has 0 radical (unpaired) electrons. The maximum atomic E-state index is 12.1. The van der Waals surface area contributed by atoms with E-state index >= 15 is 0 Å². The maximum absolute atomic E-state index is 12.1. The molecule has 0 saturated heterocycles. The molecular formula is C14H13BrN2O. The van der Waals surface area contributed by atoms with Crippen LogP contribution >= 0.6 is 15.9 Å². The summed E-state index contributed by atoms with van der Waals surface area (Å²) >= 11 is 3.33. The van der Waals surface area contributed by atoms with Gasteiger partial charge >= 0.3 is 0 Å². The lowest BCUT2D eigenvalue weighted by Gasteiger charge is -2.10. The molecule has 1 atom stereocenters. The minimum atomic E-state index is -0.579. The number of pyridine rings is 1. The number of benzene rings is 1. The molecule has 92 valence electrons. The second-order valence-corrected chi connectivity index (χ2v) is 4.96. The zero-order valence-corrected chi connectivity index (χ0v) is 11.3. The average Bonchev–Trinajstić information content (AvgIpc) is 2.39. The van der Waals surface area contributed by atoms with Crippen molar-refractivity contribution in [3.8, 4) is 0 Å². The van der Waals surface area contributed by atoms with Crippen LogP contribution in [0.5, 0.6) is 0 Å². The normalized spacial score (nSPS) is 12.1. The summed E-state index contributed by atoms with van der Waals surface area (Å²) in [6, 6.07) is 10.7. The van der Waals surface area contributed by atoms with Gasteiger partial charge in [0.1, 0.15) is 0 Å². The number of hydrogen-bond donors (Lipinski definition) is 1. The first-order valence-corrected chi connectivity index (χ1v) is 6.39. The summed E-state index contributed by atoms with van der Waals surface area (Å²) in [5, 5.41) is 0. The number of Topliss-reactive ketones (excluding diaryl/α,β-unsaturated/α-hetero) is 1. The first kappa shape index (κ1) is 12.9. The van der Waals surface area contributed by atoms with E-state index in [-0.39, 0.29) is 5.78 Å². The van der Waals surface area contributed by atoms with E-state index in [1.165, 1.54) is 0 Å². The summed E-state index contributed by atoms with van der Waals surface area (Å²) in [5.74, 6) is -0.0129. The van der Waals surface area contributed by atoms with Gasteiger partial charge in [0.2, 0.25) is 0 Å². The summed E-state index contributed by atoms with van der Waals surface area (Å²) in [4.78, 5) is 16.1. The van der Waals surface area contributed by atoms with Crippen LogP contribution in [0.1, 0.15) is 17.2 Å². The molecule has 0 bridgehead atoms. The van der Waals surface area contributed by atoms with Gasteiger partial charge in [-0.2, -0.15) is 0 Å². The van der Waals surface area contributed by atoms with E-state index < -0.39 is 6.04 Å². The Balaban J connectivity index is 2.09. The van der Waals surface area contributed by atoms with E-state index in [1.807, 2.05) is 36.4 Å². The van der Waals surface area contributed by atoms with Crippen molar-refractivity contribution in [3.63, 3.8) is 0 Å². The summed E-state index contributed by atoms with van der Waals surface area (Å²) < 4.78 is 0.862. The summed E-state index contributed by atoms with van der Waals surface area (Å²) in [6.07, 6.45) is 3.66. The molecule has 0 amide bonds. The molecule has 2 rings (SSSR count). The predicted octanol–water partition coefficient (Wildman–Crippen LogP) is 2.66. The van der Waals surface area contributed by atoms with Crippen molar-refractivity contribution in [1.29, 1.82) is 0 Å². The van der Waals surface area contributed by atoms with Gasteiger partial charge in [-0.05, 0) is 33.1 Å². The number of rotatable bonds is 4. The van der Waals surface area contributed by atoms with E-state index in [4.69, 9.17) is 5.73 Å². The molecule has 18 heavy (non-hydrogen) atoms. The van der Waals surface area contributed by atoms with Crippen molar-refractivity contribution in [2.75, 3.05) is 0 Å². The van der Waals surface area contributed by atoms with Crippen LogP contribution in [0.2, 0.25) is 0 Å². The number of carbonyl (C=O) groups excluding carboxylic acids is 1. The summed E-state index contributed by atoms with van der Waals surface area (Å²) in [7, 11) is 0. The largest absolute Gasteiger partial charge is 0.318 e. The fourth-order valence-electron chi connectivity index (χ4n) is 1.71. The SMILES string of the molecule is NC(C(=O)Cc1cncc(Br)c1)c1ccccc1. The Bertz CT molecular complexity index is 543. The molecule has 0 spiro atoms. The van der Waals surface area contributed by atoms with Crippen molar-refractivity contribution < 1.29 is 4.79 Å². The zero-order chi connectivity index (χ0) is 13.0. The Labute approximate surface area is 114 Å². The molecule has 0 saturated carbocycles. The van der Waals surface area contributed by atoms with Crippen LogP contribution in [0.25, 0.3) is 0 Å². The van der Waals surface area contributed by atoms with Crippen LogP contribution in [0.3, 0.4) is 0 Å². The molecule has 1 heterocycles. The topological polar surface area (TPSA) is 56.0 Å². The minimum Gasteiger partial charge on any atom is -0.318 e. The van der Waals surface area contributed by atoms with E-state index in [0.717, 1.165) is 15.6 Å². The number of nitrogens with zero attached hydrogens (tertiary/aromatic N) is 1. The van der Waals surface area contributed by atoms with Crippen LogP contribution in [-0.2, 0) is 11.2 Å². The van der Waals surface area contributed by atoms with Crippen LogP contribution in [0.15, 0.2) is 53.3 Å². The fraction of sp³-hybridized carbons (Fsp3) is 0.143. The molecule has 4 heteroatoms. The molecule has 0 aliphatic carbocycles. The minimum absolute atomic E-state index is 0.0129. The smallest absolute Gasteiger partial charge is 0.158 e. The van der Waals surface area contributed by atoms with Crippen LogP contribution in [0, 0.1) is 0 Å². The fourth-order valence-corrected chi connectivity index (χ4v) is 2.12. The number of hydrogen-bond acceptors (Lipinski definition) is 3. The van der Waals surface area contributed by atoms with E-state index in [2.05, 4.69) is 20.9 Å². The Morgan fingerprint density at radius 2 is 2.00 bits per heavy atom. The monoisotopic (exact) mass is 304 g/mol. The lowest BCUT2D eigenvalue weighted by Crippen LogP contribution is -2.23. The third-order valence-corrected chi connectivity index (χ3v) is 3.08. The van der Waals surface area contributed by atoms with Gasteiger partial charge in [0.15, 0.2) is 5.78 Å².